The first-order valence-electron chi connectivity index (χ1n) is 49.7. The average Bonchev–Trinajstić information content (AvgIpc) is 1.53. The minimum Gasteiger partial charge on any atom is -0.135 e. The standard InChI is InChI=1S/2C49H32S.C43H28S/c1-4-15-33(16-5-1)35-27-28-47-43(30-35)44-32-37(34-17-6-2-7-18-34)31-42(48(44)50-47)36-19-14-22-39(29-36)49(38-20-8-3-9-21-38)45-25-12-10-23-40(45)41-24-11-13-26-46(41)49;1-4-14-33(15-5-1)36-26-29-47-43(30-36)44-32-37(34-16-6-2-7-17-34)31-42(48(44)50-47)35-24-27-39(28-25-35)49(38-18-8-3-9-19-38)45-22-12-10-20-40(45)41-21-11-13-23-46(41)49;1-3-15-29(16-4-1)31-22-13-24-36-37-25-14-23-35(42(37)44-41(31)36)34-21-9-12-28-40(34)43(30-17-5-2-6-18-30)38-26-10-7-19-32(38)33-20-8-11-27-39(33)43/h2*1-32H;1-28H. The van der Waals surface area contributed by atoms with Gasteiger partial charge in [0.05, 0.1) is 16.2 Å². The number of fused-ring (bicyclic) bond motifs is 18. The Morgan fingerprint density at radius 2 is 0.354 bits per heavy atom. The molecule has 144 heavy (non-hydrogen) atoms. The van der Waals surface area contributed by atoms with Crippen LogP contribution in [0.1, 0.15) is 66.8 Å². The number of hydrogen-bond acceptors (Lipinski definition) is 3. The summed E-state index contributed by atoms with van der Waals surface area (Å²) in [7, 11) is 0. The van der Waals surface area contributed by atoms with Crippen LogP contribution in [0.2, 0.25) is 0 Å². The Hall–Kier alpha value is -17.3. The van der Waals surface area contributed by atoms with Gasteiger partial charge in [-0.1, -0.05) is 504 Å². The predicted octanol–water partition coefficient (Wildman–Crippen LogP) is 38.6. The molecule has 26 aromatic rings. The van der Waals surface area contributed by atoms with Gasteiger partial charge >= 0.3 is 0 Å². The van der Waals surface area contributed by atoms with Gasteiger partial charge in [0.25, 0.3) is 0 Å². The van der Waals surface area contributed by atoms with Crippen LogP contribution in [0.15, 0.2) is 558 Å². The van der Waals surface area contributed by atoms with Crippen molar-refractivity contribution in [1.82, 2.24) is 0 Å². The molecule has 674 valence electrons. The molecule has 29 rings (SSSR count). The summed E-state index contributed by atoms with van der Waals surface area (Å²) in [6.45, 7) is 0. The lowest BCUT2D eigenvalue weighted by atomic mass is 9.66. The normalized spacial score (nSPS) is 13.0. The molecule has 0 nitrogen and oxygen atoms in total. The van der Waals surface area contributed by atoms with Crippen molar-refractivity contribution >= 4 is 94.5 Å². The highest BCUT2D eigenvalue weighted by molar-refractivity contribution is 7.27. The Morgan fingerprint density at radius 1 is 0.111 bits per heavy atom. The zero-order valence-corrected chi connectivity index (χ0v) is 81.3. The van der Waals surface area contributed by atoms with Gasteiger partial charge in [0, 0.05) is 71.6 Å². The first kappa shape index (κ1) is 85.9. The van der Waals surface area contributed by atoms with E-state index < -0.39 is 16.2 Å². The first-order chi connectivity index (χ1) is 71.4. The van der Waals surface area contributed by atoms with Crippen molar-refractivity contribution in [2.75, 3.05) is 0 Å². The lowest BCUT2D eigenvalue weighted by Gasteiger charge is -2.35. The fourth-order valence-electron chi connectivity index (χ4n) is 24.2. The van der Waals surface area contributed by atoms with Crippen molar-refractivity contribution in [2.24, 2.45) is 0 Å². The van der Waals surface area contributed by atoms with Crippen LogP contribution in [0.5, 0.6) is 0 Å². The molecule has 0 saturated carbocycles. The molecule has 0 spiro atoms. The molecule has 3 heterocycles. The maximum absolute atomic E-state index is 2.47. The fourth-order valence-corrected chi connectivity index (χ4v) is 28.0. The number of rotatable bonds is 14. The van der Waals surface area contributed by atoms with Crippen LogP contribution in [0.25, 0.3) is 183 Å². The summed E-state index contributed by atoms with van der Waals surface area (Å²) < 4.78 is 7.94. The Bertz CT molecular complexity index is 9270. The van der Waals surface area contributed by atoms with Crippen molar-refractivity contribution in [2.45, 2.75) is 16.2 Å². The molecule has 0 N–H and O–H groups in total. The fraction of sp³-hybridized carbons (Fsp3) is 0.0213. The van der Waals surface area contributed by atoms with E-state index in [1.807, 2.05) is 34.0 Å². The molecule has 0 atom stereocenters. The van der Waals surface area contributed by atoms with Crippen LogP contribution in [0.3, 0.4) is 0 Å². The Morgan fingerprint density at radius 3 is 0.743 bits per heavy atom. The SMILES string of the molecule is c1ccc(-c2ccc3sc4c(-c5ccc(C6(c7ccccc7)c7ccccc7-c7ccccc76)cc5)cc(-c5ccccc5)cc4c3c2)cc1.c1ccc(-c2ccc3sc4c(-c5cccc(C6(c7ccccc7)c7ccccc7-c7ccccc76)c5)cc(-c5ccccc5)cc4c3c2)cc1.c1ccc(-c2cccc3c2sc2c(-c4ccccc4C4(c5ccccc5)c5ccccc5-c5ccccc54)cccc23)cc1. The lowest BCUT2D eigenvalue weighted by Crippen LogP contribution is -2.29. The van der Waals surface area contributed by atoms with Gasteiger partial charge < -0.3 is 0 Å². The van der Waals surface area contributed by atoms with Crippen LogP contribution >= 0.6 is 34.0 Å². The monoisotopic (exact) mass is 1880 g/mol. The van der Waals surface area contributed by atoms with Crippen molar-refractivity contribution in [3.05, 3.63) is 625 Å². The van der Waals surface area contributed by atoms with E-state index in [2.05, 4.69) is 558 Å². The topological polar surface area (TPSA) is 0 Å². The van der Waals surface area contributed by atoms with E-state index in [9.17, 15) is 0 Å². The number of thiophene rings is 3. The van der Waals surface area contributed by atoms with E-state index >= 15 is 0 Å². The largest absolute Gasteiger partial charge is 0.135 e. The third-order valence-corrected chi connectivity index (χ3v) is 34.2. The van der Waals surface area contributed by atoms with Gasteiger partial charge in [-0.25, -0.2) is 0 Å². The second-order valence-corrected chi connectivity index (χ2v) is 41.2. The molecule has 3 aliphatic carbocycles. The lowest BCUT2D eigenvalue weighted by molar-refractivity contribution is 0.768. The van der Waals surface area contributed by atoms with Gasteiger partial charge in [0.1, 0.15) is 0 Å². The van der Waals surface area contributed by atoms with E-state index in [1.165, 1.54) is 250 Å². The molecule has 0 bridgehead atoms. The Labute approximate surface area is 851 Å². The molecular formula is C141H92S3. The molecule has 3 heteroatoms. The summed E-state index contributed by atoms with van der Waals surface area (Å²) in [6.07, 6.45) is 0. The molecule has 3 aliphatic rings. The molecule has 23 aromatic carbocycles. The summed E-state index contributed by atoms with van der Waals surface area (Å²) in [5.74, 6) is 0. The molecule has 0 unspecified atom stereocenters. The average molecular weight is 1880 g/mol. The van der Waals surface area contributed by atoms with Gasteiger partial charge in [0.2, 0.25) is 0 Å². The van der Waals surface area contributed by atoms with E-state index in [4.69, 9.17) is 0 Å². The van der Waals surface area contributed by atoms with Gasteiger partial charge in [-0.2, -0.15) is 0 Å². The minimum absolute atomic E-state index is 0.403. The zero-order chi connectivity index (χ0) is 95.2. The molecular weight excluding hydrogens is 1790 g/mol. The first-order valence-corrected chi connectivity index (χ1v) is 52.2. The maximum Gasteiger partial charge on any atom is 0.0719 e. The third-order valence-electron chi connectivity index (χ3n) is 30.5. The Kier molecular flexibility index (Phi) is 21.3. The highest BCUT2D eigenvalue weighted by Gasteiger charge is 2.50. The van der Waals surface area contributed by atoms with Gasteiger partial charge in [-0.15, -0.1) is 34.0 Å². The van der Waals surface area contributed by atoms with Gasteiger partial charge in [-0.05, 0) is 233 Å². The summed E-state index contributed by atoms with van der Waals surface area (Å²) in [5, 5.41) is 7.86. The minimum atomic E-state index is -0.445. The van der Waals surface area contributed by atoms with E-state index in [-0.39, 0.29) is 0 Å². The molecule has 0 saturated heterocycles. The van der Waals surface area contributed by atoms with Crippen molar-refractivity contribution in [1.29, 1.82) is 0 Å². The highest BCUT2D eigenvalue weighted by atomic mass is 32.1. The quantitative estimate of drug-likeness (QED) is 0.102. The highest BCUT2D eigenvalue weighted by Crippen LogP contribution is 2.62. The van der Waals surface area contributed by atoms with E-state index in [0.717, 1.165) is 0 Å². The van der Waals surface area contributed by atoms with Crippen LogP contribution in [-0.2, 0) is 16.2 Å². The molecule has 0 radical (unpaired) electrons. The van der Waals surface area contributed by atoms with Gasteiger partial charge in [-0.3, -0.25) is 0 Å². The van der Waals surface area contributed by atoms with Crippen LogP contribution < -0.4 is 0 Å². The summed E-state index contributed by atoms with van der Waals surface area (Å²) in [6, 6.07) is 206. The van der Waals surface area contributed by atoms with Crippen molar-refractivity contribution in [3.63, 3.8) is 0 Å². The van der Waals surface area contributed by atoms with E-state index in [1.54, 1.807) is 0 Å². The second-order valence-electron chi connectivity index (χ2n) is 38.0. The smallest absolute Gasteiger partial charge is 0.0719 e. The second kappa shape index (κ2) is 35.8. The summed E-state index contributed by atoms with van der Waals surface area (Å²) >= 11 is 5.72. The predicted molar refractivity (Wildman–Crippen MR) is 613 cm³/mol. The maximum atomic E-state index is 2.47. The van der Waals surface area contributed by atoms with Crippen LogP contribution in [0, 0.1) is 0 Å². The van der Waals surface area contributed by atoms with Crippen molar-refractivity contribution in [3.8, 4) is 122 Å². The van der Waals surface area contributed by atoms with Gasteiger partial charge in [0.15, 0.2) is 0 Å². The van der Waals surface area contributed by atoms with E-state index in [0.29, 0.717) is 0 Å². The summed E-state index contributed by atoms with van der Waals surface area (Å²) in [5.41, 5.74) is 42.4. The van der Waals surface area contributed by atoms with Crippen LogP contribution in [-0.4, -0.2) is 0 Å². The number of hydrogen-bond donors (Lipinski definition) is 0. The zero-order valence-electron chi connectivity index (χ0n) is 78.8. The molecule has 0 aliphatic heterocycles. The number of benzene rings is 23. The molecule has 3 aromatic heterocycles. The Balaban J connectivity index is 0.000000108. The molecule has 0 fully saturated rings. The third kappa shape index (κ3) is 14.0. The molecule has 0 amide bonds. The van der Waals surface area contributed by atoms with Crippen molar-refractivity contribution < 1.29 is 0 Å². The summed E-state index contributed by atoms with van der Waals surface area (Å²) in [4.78, 5) is 0. The van der Waals surface area contributed by atoms with Crippen LogP contribution in [0.4, 0.5) is 0 Å².